The predicted molar refractivity (Wildman–Crippen MR) is 100 cm³/mol. The van der Waals surface area contributed by atoms with Crippen molar-refractivity contribution in [3.05, 3.63) is 88.4 Å². The largest absolute Gasteiger partial charge is 0.424 e. The first-order valence-corrected chi connectivity index (χ1v) is 9.58. The van der Waals surface area contributed by atoms with Gasteiger partial charge < -0.3 is 4.74 Å². The molecule has 6 heteroatoms. The molecule has 27 heavy (non-hydrogen) atoms. The Morgan fingerprint density at radius 3 is 2.07 bits per heavy atom. The van der Waals surface area contributed by atoms with Gasteiger partial charge in [-0.3, -0.25) is 0 Å². The number of hydrogen-bond acceptors (Lipinski definition) is 3. The van der Waals surface area contributed by atoms with E-state index in [2.05, 4.69) is 4.98 Å². The summed E-state index contributed by atoms with van der Waals surface area (Å²) in [7, 11) is 0. The molecule has 1 heterocycles. The van der Waals surface area contributed by atoms with Crippen molar-refractivity contribution in [2.24, 2.45) is 0 Å². The van der Waals surface area contributed by atoms with Crippen molar-refractivity contribution >= 4 is 11.3 Å². The number of benzene rings is 2. The number of nitrogens with zero attached hydrogens (tertiary/aromatic N) is 1. The molecule has 2 aromatic carbocycles. The number of alkyl halides is 3. The smallest absolute Gasteiger partial charge is 0.354 e. The minimum atomic E-state index is -4.56. The van der Waals surface area contributed by atoms with E-state index in [1.165, 1.54) is 6.20 Å². The maximum absolute atomic E-state index is 14.2. The lowest BCUT2D eigenvalue weighted by Crippen LogP contribution is -2.45. The Morgan fingerprint density at radius 2 is 1.52 bits per heavy atom. The minimum absolute atomic E-state index is 0.0426. The highest BCUT2D eigenvalue weighted by Gasteiger charge is 2.58. The normalized spacial score (nSPS) is 14.0. The molecule has 2 nitrogen and oxygen atoms in total. The van der Waals surface area contributed by atoms with Gasteiger partial charge >= 0.3 is 6.18 Å². The van der Waals surface area contributed by atoms with E-state index in [1.807, 2.05) is 36.4 Å². The van der Waals surface area contributed by atoms with Crippen LogP contribution >= 0.6 is 11.3 Å². The quantitative estimate of drug-likeness (QED) is 0.460. The summed E-state index contributed by atoms with van der Waals surface area (Å²) in [6.07, 6.45) is -2.44. The molecule has 0 radical (unpaired) electrons. The summed E-state index contributed by atoms with van der Waals surface area (Å²) in [6, 6.07) is 18.4. The third-order valence-electron chi connectivity index (χ3n) is 4.40. The molecule has 0 aliphatic heterocycles. The van der Waals surface area contributed by atoms with Crippen molar-refractivity contribution in [1.29, 1.82) is 0 Å². The second kappa shape index (κ2) is 8.67. The Hall–Kier alpha value is -2.18. The molecule has 0 bridgehead atoms. The first kappa shape index (κ1) is 19.6. The number of aryl methyl sites for hydroxylation is 1. The van der Waals surface area contributed by atoms with E-state index in [9.17, 15) is 13.2 Å². The third-order valence-corrected chi connectivity index (χ3v) is 5.32. The topological polar surface area (TPSA) is 22.1 Å². The van der Waals surface area contributed by atoms with Crippen LogP contribution in [0.25, 0.3) is 0 Å². The summed E-state index contributed by atoms with van der Waals surface area (Å²) >= 11 is 0.982. The summed E-state index contributed by atoms with van der Waals surface area (Å²) in [5.41, 5.74) is -0.687. The van der Waals surface area contributed by atoms with Crippen LogP contribution in [-0.4, -0.2) is 11.2 Å². The standard InChI is InChI=1S/C21H20F3NOS/c22-21(23,24)20(19-25-14-15-27-19,26-16-18-10-5-2-6-11-18)13-7-12-17-8-3-1-4-9-17/h1-6,8-11,14-15H,7,12-13,16H2. The Bertz CT molecular complexity index is 806. The van der Waals surface area contributed by atoms with E-state index in [0.717, 1.165) is 16.9 Å². The van der Waals surface area contributed by atoms with E-state index < -0.39 is 11.8 Å². The molecule has 0 fully saturated rings. The fourth-order valence-corrected chi connectivity index (χ4v) is 3.81. The Labute approximate surface area is 160 Å². The second-order valence-corrected chi connectivity index (χ2v) is 7.17. The van der Waals surface area contributed by atoms with Gasteiger partial charge in [0.15, 0.2) is 0 Å². The first-order chi connectivity index (χ1) is 13.0. The number of thiazole rings is 1. The van der Waals surface area contributed by atoms with Crippen molar-refractivity contribution in [1.82, 2.24) is 4.98 Å². The molecule has 0 aliphatic carbocycles. The molecule has 1 aromatic heterocycles. The van der Waals surface area contributed by atoms with Crippen molar-refractivity contribution < 1.29 is 17.9 Å². The van der Waals surface area contributed by atoms with Crippen molar-refractivity contribution in [2.75, 3.05) is 0 Å². The lowest BCUT2D eigenvalue weighted by Gasteiger charge is -2.34. The van der Waals surface area contributed by atoms with E-state index in [0.29, 0.717) is 18.4 Å². The first-order valence-electron chi connectivity index (χ1n) is 8.70. The maximum Gasteiger partial charge on any atom is 0.424 e. The molecule has 3 rings (SSSR count). The Kier molecular flexibility index (Phi) is 6.29. The highest BCUT2D eigenvalue weighted by atomic mass is 32.1. The molecule has 3 aromatic rings. The van der Waals surface area contributed by atoms with Crippen LogP contribution in [0, 0.1) is 0 Å². The lowest BCUT2D eigenvalue weighted by molar-refractivity contribution is -0.292. The maximum atomic E-state index is 14.2. The van der Waals surface area contributed by atoms with Gasteiger partial charge in [0.1, 0.15) is 5.01 Å². The minimum Gasteiger partial charge on any atom is -0.354 e. The molecular weight excluding hydrogens is 371 g/mol. The van der Waals surface area contributed by atoms with Gasteiger partial charge in [0, 0.05) is 11.6 Å². The van der Waals surface area contributed by atoms with Crippen LogP contribution in [0.2, 0.25) is 0 Å². The molecule has 0 aliphatic rings. The number of ether oxygens (including phenoxy) is 1. The van der Waals surface area contributed by atoms with E-state index in [4.69, 9.17) is 4.74 Å². The van der Waals surface area contributed by atoms with Crippen LogP contribution in [0.5, 0.6) is 0 Å². The zero-order chi connectivity index (χ0) is 19.2. The predicted octanol–water partition coefficient (Wildman–Crippen LogP) is 6.14. The summed E-state index contributed by atoms with van der Waals surface area (Å²) in [5, 5.41) is 1.51. The van der Waals surface area contributed by atoms with Gasteiger partial charge in [-0.25, -0.2) is 4.98 Å². The van der Waals surface area contributed by atoms with E-state index in [1.54, 1.807) is 29.6 Å². The van der Waals surface area contributed by atoms with Gasteiger partial charge in [-0.05, 0) is 30.4 Å². The van der Waals surface area contributed by atoms with Gasteiger partial charge in [0.25, 0.3) is 0 Å². The lowest BCUT2D eigenvalue weighted by atomic mass is 9.94. The monoisotopic (exact) mass is 391 g/mol. The SMILES string of the molecule is FC(F)(F)C(CCCc1ccccc1)(OCc1ccccc1)c1nccs1. The van der Waals surface area contributed by atoms with Crippen LogP contribution in [0.1, 0.15) is 29.0 Å². The molecule has 1 atom stereocenters. The van der Waals surface area contributed by atoms with E-state index in [-0.39, 0.29) is 18.0 Å². The number of rotatable bonds is 8. The van der Waals surface area contributed by atoms with Crippen molar-refractivity contribution in [2.45, 2.75) is 37.6 Å². The van der Waals surface area contributed by atoms with Gasteiger partial charge in [0.05, 0.1) is 6.61 Å². The fourth-order valence-electron chi connectivity index (χ4n) is 2.98. The van der Waals surface area contributed by atoms with Gasteiger partial charge in [-0.1, -0.05) is 60.7 Å². The van der Waals surface area contributed by atoms with Crippen LogP contribution in [-0.2, 0) is 23.4 Å². The van der Waals surface area contributed by atoms with Gasteiger partial charge in [-0.2, -0.15) is 13.2 Å². The highest BCUT2D eigenvalue weighted by Crippen LogP contribution is 2.47. The summed E-state index contributed by atoms with van der Waals surface area (Å²) < 4.78 is 48.2. The zero-order valence-electron chi connectivity index (χ0n) is 14.7. The fraction of sp³-hybridized carbons (Fsp3) is 0.286. The summed E-state index contributed by atoms with van der Waals surface area (Å²) in [6.45, 7) is -0.120. The second-order valence-electron chi connectivity index (χ2n) is 6.28. The van der Waals surface area contributed by atoms with Crippen LogP contribution in [0.3, 0.4) is 0 Å². The molecule has 0 saturated carbocycles. The number of hydrogen-bond donors (Lipinski definition) is 0. The molecule has 0 spiro atoms. The van der Waals surface area contributed by atoms with Crippen molar-refractivity contribution in [3.63, 3.8) is 0 Å². The third kappa shape index (κ3) is 4.76. The molecule has 1 unspecified atom stereocenters. The average Bonchev–Trinajstić information content (AvgIpc) is 3.20. The molecule has 142 valence electrons. The molecular formula is C21H20F3NOS. The van der Waals surface area contributed by atoms with Crippen LogP contribution in [0.4, 0.5) is 13.2 Å². The molecule has 0 saturated heterocycles. The summed E-state index contributed by atoms with van der Waals surface area (Å²) in [4.78, 5) is 3.97. The van der Waals surface area contributed by atoms with Crippen LogP contribution < -0.4 is 0 Å². The van der Waals surface area contributed by atoms with Crippen LogP contribution in [0.15, 0.2) is 72.2 Å². The van der Waals surface area contributed by atoms with E-state index >= 15 is 0 Å². The summed E-state index contributed by atoms with van der Waals surface area (Å²) in [5.74, 6) is 0. The Balaban J connectivity index is 1.82. The van der Waals surface area contributed by atoms with Gasteiger partial charge in [-0.15, -0.1) is 11.3 Å². The number of aromatic nitrogens is 1. The average molecular weight is 391 g/mol. The Morgan fingerprint density at radius 1 is 0.889 bits per heavy atom. The van der Waals surface area contributed by atoms with Crippen molar-refractivity contribution in [3.8, 4) is 0 Å². The highest BCUT2D eigenvalue weighted by molar-refractivity contribution is 7.09. The molecule has 0 N–H and O–H groups in total. The van der Waals surface area contributed by atoms with Gasteiger partial charge in [0.2, 0.25) is 5.60 Å². The zero-order valence-corrected chi connectivity index (χ0v) is 15.5. The number of halogens is 3. The molecule has 0 amide bonds.